The number of halogens is 3. The molecule has 0 amide bonds. The van der Waals surface area contributed by atoms with Crippen LogP contribution >= 0.6 is 0 Å². The molecule has 0 aromatic heterocycles. The van der Waals surface area contributed by atoms with E-state index in [0.717, 1.165) is 0 Å². The Morgan fingerprint density at radius 3 is 2.05 bits per heavy atom. The second-order valence-corrected chi connectivity index (χ2v) is 5.86. The summed E-state index contributed by atoms with van der Waals surface area (Å²) in [5.74, 6) is -5.98. The summed E-state index contributed by atoms with van der Waals surface area (Å²) >= 11 is 0. The zero-order chi connectivity index (χ0) is 17.6. The maximum atomic E-state index is 12.8. The van der Waals surface area contributed by atoms with Crippen LogP contribution < -0.4 is 0 Å². The van der Waals surface area contributed by atoms with Gasteiger partial charge in [-0.25, -0.2) is 0 Å². The van der Waals surface area contributed by atoms with Crippen LogP contribution in [0.5, 0.6) is 0 Å². The van der Waals surface area contributed by atoms with E-state index in [1.165, 1.54) is 32.9 Å². The first-order chi connectivity index (χ1) is 9.94. The van der Waals surface area contributed by atoms with Crippen LogP contribution in [0.2, 0.25) is 0 Å². The highest BCUT2D eigenvalue weighted by Crippen LogP contribution is 2.30. The summed E-state index contributed by atoms with van der Waals surface area (Å²) in [6, 6.07) is 0. The third kappa shape index (κ3) is 6.91. The van der Waals surface area contributed by atoms with E-state index < -0.39 is 35.4 Å². The molecule has 0 aromatic rings. The van der Waals surface area contributed by atoms with Crippen molar-refractivity contribution in [1.82, 2.24) is 0 Å². The molecule has 0 N–H and O–H groups in total. The Morgan fingerprint density at radius 1 is 1.14 bits per heavy atom. The minimum absolute atomic E-state index is 0.208. The van der Waals surface area contributed by atoms with Gasteiger partial charge in [0.1, 0.15) is 11.5 Å². The molecule has 0 radical (unpaired) electrons. The third-order valence-corrected chi connectivity index (χ3v) is 2.78. The van der Waals surface area contributed by atoms with Gasteiger partial charge in [0, 0.05) is 0 Å². The van der Waals surface area contributed by atoms with Crippen molar-refractivity contribution in [1.29, 1.82) is 0 Å². The molecule has 1 unspecified atom stereocenters. The van der Waals surface area contributed by atoms with Gasteiger partial charge in [0.25, 0.3) is 5.78 Å². The van der Waals surface area contributed by atoms with Gasteiger partial charge >= 0.3 is 12.1 Å². The number of hydrogen-bond donors (Lipinski definition) is 0. The SMILES string of the molecule is C/C=C/C=C/C(CC)[C@@H](C(=O)OC(C)(C)C)C(=O)C(F)(F)F. The lowest BCUT2D eigenvalue weighted by Crippen LogP contribution is -2.42. The second-order valence-electron chi connectivity index (χ2n) is 5.86. The molecule has 3 nitrogen and oxygen atoms in total. The van der Waals surface area contributed by atoms with Crippen molar-refractivity contribution in [2.24, 2.45) is 11.8 Å². The molecule has 0 spiro atoms. The van der Waals surface area contributed by atoms with Crippen molar-refractivity contribution in [3.05, 3.63) is 24.3 Å². The van der Waals surface area contributed by atoms with E-state index in [0.29, 0.717) is 0 Å². The van der Waals surface area contributed by atoms with Crippen molar-refractivity contribution < 1.29 is 27.5 Å². The van der Waals surface area contributed by atoms with Crippen molar-refractivity contribution in [3.8, 4) is 0 Å². The standard InChI is InChI=1S/C16H23F3O3/c1-6-8-9-10-11(7-2)12(13(20)16(17,18)19)14(21)22-15(3,4)5/h6,8-12H,7H2,1-5H3/b8-6+,10-9+/t11?,12-/m1/s1. The van der Waals surface area contributed by atoms with Gasteiger partial charge in [-0.2, -0.15) is 13.2 Å². The largest absolute Gasteiger partial charge is 0.459 e. The molecule has 0 saturated heterocycles. The molecule has 0 bridgehead atoms. The van der Waals surface area contributed by atoms with E-state index in [2.05, 4.69) is 0 Å². The Bertz CT molecular complexity index is 443. The summed E-state index contributed by atoms with van der Waals surface area (Å²) in [7, 11) is 0. The highest BCUT2D eigenvalue weighted by molar-refractivity contribution is 6.02. The minimum atomic E-state index is -5.08. The van der Waals surface area contributed by atoms with E-state index in [9.17, 15) is 22.8 Å². The number of carbonyl (C=O) groups is 2. The summed E-state index contributed by atoms with van der Waals surface area (Å²) in [5.41, 5.74) is -0.966. The van der Waals surface area contributed by atoms with Crippen LogP contribution in [0.3, 0.4) is 0 Å². The van der Waals surface area contributed by atoms with Crippen molar-refractivity contribution >= 4 is 11.8 Å². The van der Waals surface area contributed by atoms with Crippen LogP contribution in [0.4, 0.5) is 13.2 Å². The molecule has 0 saturated carbocycles. The van der Waals surface area contributed by atoms with Crippen molar-refractivity contribution in [3.63, 3.8) is 0 Å². The Hall–Kier alpha value is -1.59. The molecule has 2 atom stereocenters. The second kappa shape index (κ2) is 8.15. The molecule has 0 fully saturated rings. The number of esters is 1. The van der Waals surface area contributed by atoms with E-state index in [1.54, 1.807) is 26.0 Å². The average molecular weight is 320 g/mol. The molecule has 0 heterocycles. The Labute approximate surface area is 129 Å². The predicted molar refractivity (Wildman–Crippen MR) is 78.1 cm³/mol. The summed E-state index contributed by atoms with van der Waals surface area (Å²) in [5, 5.41) is 0. The third-order valence-electron chi connectivity index (χ3n) is 2.78. The number of Topliss-reactive ketones (excluding diaryl/α,β-unsaturated/α-hetero) is 1. The molecule has 0 aromatic carbocycles. The van der Waals surface area contributed by atoms with E-state index in [4.69, 9.17) is 4.74 Å². The molecule has 0 aliphatic carbocycles. The summed E-state index contributed by atoms with van der Waals surface area (Å²) < 4.78 is 43.3. The molecule has 0 aliphatic rings. The van der Waals surface area contributed by atoms with Crippen molar-refractivity contribution in [2.45, 2.75) is 52.8 Å². The number of allylic oxidation sites excluding steroid dienone is 4. The molecule has 126 valence electrons. The van der Waals surface area contributed by atoms with Crippen LogP contribution in [0, 0.1) is 11.8 Å². The van der Waals surface area contributed by atoms with Gasteiger partial charge in [-0.1, -0.05) is 31.2 Å². The number of ketones is 1. The number of rotatable bonds is 6. The average Bonchev–Trinajstić information content (AvgIpc) is 2.33. The first-order valence-electron chi connectivity index (χ1n) is 7.07. The lowest BCUT2D eigenvalue weighted by molar-refractivity contribution is -0.186. The number of hydrogen-bond acceptors (Lipinski definition) is 3. The maximum absolute atomic E-state index is 12.8. The van der Waals surface area contributed by atoms with Crippen LogP contribution in [0.1, 0.15) is 41.0 Å². The molecular formula is C16H23F3O3. The smallest absolute Gasteiger partial charge is 0.450 e. The lowest BCUT2D eigenvalue weighted by Gasteiger charge is -2.27. The summed E-state index contributed by atoms with van der Waals surface area (Å²) in [6.45, 7) is 7.98. The zero-order valence-corrected chi connectivity index (χ0v) is 13.5. The van der Waals surface area contributed by atoms with Gasteiger partial charge in [-0.05, 0) is 40.0 Å². The van der Waals surface area contributed by atoms with E-state index in [-0.39, 0.29) is 6.42 Å². The maximum Gasteiger partial charge on any atom is 0.450 e. The Kier molecular flexibility index (Phi) is 7.56. The van der Waals surface area contributed by atoms with Gasteiger partial charge < -0.3 is 4.74 Å². The molecule has 6 heteroatoms. The number of ether oxygens (including phenoxy) is 1. The molecule has 0 aliphatic heterocycles. The minimum Gasteiger partial charge on any atom is -0.459 e. The molecule has 0 rings (SSSR count). The lowest BCUT2D eigenvalue weighted by atomic mass is 9.85. The first kappa shape index (κ1) is 20.4. The predicted octanol–water partition coefficient (Wildman–Crippen LogP) is 4.23. The molecule has 22 heavy (non-hydrogen) atoms. The first-order valence-corrected chi connectivity index (χ1v) is 7.07. The van der Waals surface area contributed by atoms with Gasteiger partial charge in [-0.15, -0.1) is 0 Å². The monoisotopic (exact) mass is 320 g/mol. The van der Waals surface area contributed by atoms with E-state index >= 15 is 0 Å². The van der Waals surface area contributed by atoms with Crippen LogP contribution in [-0.4, -0.2) is 23.5 Å². The Morgan fingerprint density at radius 2 is 1.68 bits per heavy atom. The number of carbonyl (C=O) groups excluding carboxylic acids is 2. The summed E-state index contributed by atoms with van der Waals surface area (Å²) in [6.07, 6.45) is 1.39. The van der Waals surface area contributed by atoms with Gasteiger partial charge in [0.15, 0.2) is 0 Å². The Balaban J connectivity index is 5.58. The van der Waals surface area contributed by atoms with E-state index in [1.807, 2.05) is 0 Å². The fourth-order valence-corrected chi connectivity index (χ4v) is 1.82. The fraction of sp³-hybridized carbons (Fsp3) is 0.625. The van der Waals surface area contributed by atoms with Crippen LogP contribution in [0.15, 0.2) is 24.3 Å². The van der Waals surface area contributed by atoms with Gasteiger partial charge in [0.2, 0.25) is 0 Å². The fourth-order valence-electron chi connectivity index (χ4n) is 1.82. The highest BCUT2D eigenvalue weighted by atomic mass is 19.4. The van der Waals surface area contributed by atoms with Gasteiger partial charge in [0.05, 0.1) is 0 Å². The topological polar surface area (TPSA) is 43.4 Å². The molecular weight excluding hydrogens is 297 g/mol. The quantitative estimate of drug-likeness (QED) is 0.418. The van der Waals surface area contributed by atoms with Gasteiger partial charge in [-0.3, -0.25) is 9.59 Å². The van der Waals surface area contributed by atoms with Crippen molar-refractivity contribution in [2.75, 3.05) is 0 Å². The summed E-state index contributed by atoms with van der Waals surface area (Å²) in [4.78, 5) is 23.7. The van der Waals surface area contributed by atoms with Crippen LogP contribution in [-0.2, 0) is 14.3 Å². The number of alkyl halides is 3. The van der Waals surface area contributed by atoms with Crippen LogP contribution in [0.25, 0.3) is 0 Å². The normalized spacial score (nSPS) is 16.0. The highest BCUT2D eigenvalue weighted by Gasteiger charge is 2.49. The zero-order valence-electron chi connectivity index (χ0n) is 13.5.